The van der Waals surface area contributed by atoms with Gasteiger partial charge in [0, 0.05) is 12.2 Å². The van der Waals surface area contributed by atoms with Crippen molar-refractivity contribution in [2.45, 2.75) is 25.1 Å². The number of hydrogen-bond donors (Lipinski definition) is 1. The minimum atomic E-state index is -4.64. The van der Waals surface area contributed by atoms with Crippen LogP contribution in [0.1, 0.15) is 34.9 Å². The van der Waals surface area contributed by atoms with Crippen LogP contribution in [0.25, 0.3) is 22.4 Å². The van der Waals surface area contributed by atoms with Gasteiger partial charge in [0.1, 0.15) is 12.2 Å². The molecule has 3 aromatic rings. The first-order valence-corrected chi connectivity index (χ1v) is 7.49. The molecule has 1 aliphatic carbocycles. The molecule has 9 heteroatoms. The third-order valence-electron chi connectivity index (χ3n) is 4.07. The molecular formula is C16H11F3N4O2. The molecule has 0 radical (unpaired) electrons. The molecule has 25 heavy (non-hydrogen) atoms. The van der Waals surface area contributed by atoms with E-state index in [1.54, 1.807) is 4.57 Å². The summed E-state index contributed by atoms with van der Waals surface area (Å²) in [5.74, 6) is -1.00. The lowest BCUT2D eigenvalue weighted by Gasteiger charge is -2.12. The van der Waals surface area contributed by atoms with Gasteiger partial charge in [-0.2, -0.15) is 13.2 Å². The van der Waals surface area contributed by atoms with Gasteiger partial charge in [-0.25, -0.2) is 19.7 Å². The molecule has 1 aliphatic rings. The van der Waals surface area contributed by atoms with Crippen LogP contribution in [0.15, 0.2) is 30.7 Å². The Balaban J connectivity index is 2.00. The molecular weight excluding hydrogens is 337 g/mol. The molecule has 0 aliphatic heterocycles. The van der Waals surface area contributed by atoms with Crippen molar-refractivity contribution in [3.63, 3.8) is 0 Å². The number of imidazole rings is 1. The van der Waals surface area contributed by atoms with Gasteiger partial charge >= 0.3 is 12.1 Å². The lowest BCUT2D eigenvalue weighted by molar-refractivity contribution is -0.140. The Bertz CT molecular complexity index is 993. The smallest absolute Gasteiger partial charge is 0.434 e. The number of alkyl halides is 3. The van der Waals surface area contributed by atoms with Crippen molar-refractivity contribution >= 4 is 17.0 Å². The van der Waals surface area contributed by atoms with E-state index in [0.717, 1.165) is 25.4 Å². The number of carboxylic acid groups (broad SMARTS) is 1. The summed E-state index contributed by atoms with van der Waals surface area (Å²) in [4.78, 5) is 22.6. The Labute approximate surface area is 139 Å². The van der Waals surface area contributed by atoms with E-state index in [-0.39, 0.29) is 23.0 Å². The summed E-state index contributed by atoms with van der Waals surface area (Å²) in [6.07, 6.45) is -1.11. The van der Waals surface area contributed by atoms with Gasteiger partial charge in [0.15, 0.2) is 5.69 Å². The van der Waals surface area contributed by atoms with E-state index in [1.807, 2.05) is 0 Å². The summed E-state index contributed by atoms with van der Waals surface area (Å²) in [6.45, 7) is 0. The van der Waals surface area contributed by atoms with Gasteiger partial charge in [-0.05, 0) is 31.0 Å². The number of benzene rings is 1. The Morgan fingerprint density at radius 1 is 1.28 bits per heavy atom. The molecule has 0 unspecified atom stereocenters. The van der Waals surface area contributed by atoms with Crippen LogP contribution >= 0.6 is 0 Å². The van der Waals surface area contributed by atoms with E-state index in [0.29, 0.717) is 11.0 Å². The second kappa shape index (κ2) is 5.27. The van der Waals surface area contributed by atoms with Crippen LogP contribution in [0.2, 0.25) is 0 Å². The van der Waals surface area contributed by atoms with Crippen molar-refractivity contribution < 1.29 is 23.1 Å². The number of halogens is 3. The van der Waals surface area contributed by atoms with Crippen LogP contribution in [0.4, 0.5) is 13.2 Å². The van der Waals surface area contributed by atoms with Crippen molar-refractivity contribution in [1.29, 1.82) is 0 Å². The predicted molar refractivity (Wildman–Crippen MR) is 81.0 cm³/mol. The van der Waals surface area contributed by atoms with E-state index >= 15 is 0 Å². The zero-order valence-electron chi connectivity index (χ0n) is 12.7. The van der Waals surface area contributed by atoms with E-state index in [1.165, 1.54) is 18.2 Å². The van der Waals surface area contributed by atoms with Crippen molar-refractivity contribution in [2.75, 3.05) is 0 Å². The second-order valence-electron chi connectivity index (χ2n) is 5.83. The molecule has 6 nitrogen and oxygen atoms in total. The molecule has 0 atom stereocenters. The minimum absolute atomic E-state index is 0.00895. The molecule has 1 saturated carbocycles. The summed E-state index contributed by atoms with van der Waals surface area (Å²) in [5.41, 5.74) is -0.285. The first-order valence-electron chi connectivity index (χ1n) is 7.49. The van der Waals surface area contributed by atoms with Crippen LogP contribution in [-0.2, 0) is 6.18 Å². The molecule has 2 aromatic heterocycles. The summed E-state index contributed by atoms with van der Waals surface area (Å²) >= 11 is 0. The van der Waals surface area contributed by atoms with E-state index in [9.17, 15) is 18.0 Å². The lowest BCUT2D eigenvalue weighted by Crippen LogP contribution is -2.12. The highest BCUT2D eigenvalue weighted by Gasteiger charge is 2.38. The molecule has 0 amide bonds. The third kappa shape index (κ3) is 2.61. The number of carboxylic acids is 1. The number of rotatable bonds is 3. The Hall–Kier alpha value is -2.97. The molecule has 0 saturated heterocycles. The summed E-state index contributed by atoms with van der Waals surface area (Å²) in [7, 11) is 0. The SMILES string of the molecule is O=C(O)c1ccc2nc(-c3cncnc3C(F)(F)F)n(C3CC3)c2c1. The fourth-order valence-corrected chi connectivity index (χ4v) is 2.84. The standard InChI is InChI=1S/C16H11F3N4O2/c17-16(18,19)13-10(6-20-7-21-13)14-22-11-4-1-8(15(24)25)5-12(11)23(14)9-2-3-9/h1,4-7,9H,2-3H2,(H,24,25). The van der Waals surface area contributed by atoms with E-state index < -0.39 is 17.8 Å². The Morgan fingerprint density at radius 2 is 2.04 bits per heavy atom. The number of aromatic nitrogens is 4. The van der Waals surface area contributed by atoms with Gasteiger partial charge in [-0.15, -0.1) is 0 Å². The van der Waals surface area contributed by atoms with Crippen LogP contribution < -0.4 is 0 Å². The average Bonchev–Trinajstić information content (AvgIpc) is 3.33. The fourth-order valence-electron chi connectivity index (χ4n) is 2.84. The van der Waals surface area contributed by atoms with Gasteiger partial charge in [0.05, 0.1) is 22.2 Å². The normalized spacial score (nSPS) is 14.8. The Morgan fingerprint density at radius 3 is 2.68 bits per heavy atom. The number of nitrogens with zero attached hydrogens (tertiary/aromatic N) is 4. The summed E-state index contributed by atoms with van der Waals surface area (Å²) in [5, 5.41) is 9.17. The van der Waals surface area contributed by atoms with Crippen LogP contribution in [0, 0.1) is 0 Å². The van der Waals surface area contributed by atoms with Crippen molar-refractivity contribution in [2.24, 2.45) is 0 Å². The molecule has 128 valence electrons. The topological polar surface area (TPSA) is 80.9 Å². The maximum absolute atomic E-state index is 13.3. The van der Waals surface area contributed by atoms with Gasteiger partial charge in [0.2, 0.25) is 0 Å². The van der Waals surface area contributed by atoms with Crippen molar-refractivity contribution in [1.82, 2.24) is 19.5 Å². The highest BCUT2D eigenvalue weighted by Crippen LogP contribution is 2.43. The van der Waals surface area contributed by atoms with Crippen molar-refractivity contribution in [3.8, 4) is 11.4 Å². The van der Waals surface area contributed by atoms with E-state index in [4.69, 9.17) is 5.11 Å². The van der Waals surface area contributed by atoms with Crippen LogP contribution in [0.5, 0.6) is 0 Å². The minimum Gasteiger partial charge on any atom is -0.478 e. The molecule has 1 fully saturated rings. The van der Waals surface area contributed by atoms with E-state index in [2.05, 4.69) is 15.0 Å². The fraction of sp³-hybridized carbons (Fsp3) is 0.250. The molecule has 1 aromatic carbocycles. The van der Waals surface area contributed by atoms with Crippen LogP contribution in [0.3, 0.4) is 0 Å². The zero-order chi connectivity index (χ0) is 17.8. The molecule has 4 rings (SSSR count). The Kier molecular flexibility index (Phi) is 3.28. The second-order valence-corrected chi connectivity index (χ2v) is 5.83. The van der Waals surface area contributed by atoms with Gasteiger partial charge < -0.3 is 9.67 Å². The number of aromatic carboxylic acids is 1. The van der Waals surface area contributed by atoms with Crippen LogP contribution in [-0.4, -0.2) is 30.6 Å². The average molecular weight is 348 g/mol. The summed E-state index contributed by atoms with van der Waals surface area (Å²) < 4.78 is 41.6. The first kappa shape index (κ1) is 15.6. The first-order chi connectivity index (χ1) is 11.9. The largest absolute Gasteiger partial charge is 0.478 e. The molecule has 2 heterocycles. The highest BCUT2D eigenvalue weighted by molar-refractivity contribution is 5.93. The predicted octanol–water partition coefficient (Wildman–Crippen LogP) is 3.55. The highest BCUT2D eigenvalue weighted by atomic mass is 19.4. The molecule has 1 N–H and O–H groups in total. The molecule has 0 bridgehead atoms. The number of fused-ring (bicyclic) bond motifs is 1. The lowest BCUT2D eigenvalue weighted by atomic mass is 10.2. The quantitative estimate of drug-likeness (QED) is 0.783. The van der Waals surface area contributed by atoms with Gasteiger partial charge in [-0.3, -0.25) is 0 Å². The monoisotopic (exact) mass is 348 g/mol. The third-order valence-corrected chi connectivity index (χ3v) is 4.07. The molecule has 0 spiro atoms. The van der Waals surface area contributed by atoms with Gasteiger partial charge in [-0.1, -0.05) is 0 Å². The number of hydrogen-bond acceptors (Lipinski definition) is 4. The van der Waals surface area contributed by atoms with Crippen molar-refractivity contribution in [3.05, 3.63) is 42.0 Å². The maximum Gasteiger partial charge on any atom is 0.434 e. The van der Waals surface area contributed by atoms with Gasteiger partial charge in [0.25, 0.3) is 0 Å². The maximum atomic E-state index is 13.3. The zero-order valence-corrected chi connectivity index (χ0v) is 12.7. The number of carbonyl (C=O) groups is 1. The summed E-state index contributed by atoms with van der Waals surface area (Å²) in [6, 6.07) is 4.30.